The van der Waals surface area contributed by atoms with E-state index in [4.69, 9.17) is 0 Å². The predicted octanol–water partition coefficient (Wildman–Crippen LogP) is 5.23. The van der Waals surface area contributed by atoms with Gasteiger partial charge in [0.25, 0.3) is 0 Å². The third kappa shape index (κ3) is 3.44. The fraction of sp³-hybridized carbons (Fsp3) is 0.467. The van der Waals surface area contributed by atoms with Gasteiger partial charge in [0.2, 0.25) is 0 Å². The molecule has 1 aromatic carbocycles. The zero-order valence-electron chi connectivity index (χ0n) is 11.2. The first-order valence-corrected chi connectivity index (χ1v) is 7.51. The third-order valence-electron chi connectivity index (χ3n) is 3.49. The molecule has 0 aliphatic heterocycles. The number of allylic oxidation sites excluding steroid dienone is 1. The van der Waals surface area contributed by atoms with E-state index in [0.717, 1.165) is 30.9 Å². The number of halogens is 4. The van der Waals surface area contributed by atoms with Crippen molar-refractivity contribution < 1.29 is 13.2 Å². The number of nitrogens with one attached hydrogen (secondary N) is 1. The fourth-order valence-corrected chi connectivity index (χ4v) is 2.99. The Kier molecular flexibility index (Phi) is 4.91. The van der Waals surface area contributed by atoms with Crippen LogP contribution < -0.4 is 5.32 Å². The van der Waals surface area contributed by atoms with Crippen molar-refractivity contribution in [3.05, 3.63) is 45.4 Å². The summed E-state index contributed by atoms with van der Waals surface area (Å²) in [5.41, 5.74) is 0.820. The molecular formula is C15H17BrF3N. The molecule has 0 aromatic heterocycles. The highest BCUT2D eigenvalue weighted by Gasteiger charge is 2.36. The average molecular weight is 348 g/mol. The lowest BCUT2D eigenvalue weighted by Gasteiger charge is -2.24. The van der Waals surface area contributed by atoms with Crippen LogP contribution in [0.4, 0.5) is 13.2 Å². The van der Waals surface area contributed by atoms with Gasteiger partial charge in [-0.05, 0) is 43.5 Å². The zero-order chi connectivity index (χ0) is 14.8. The van der Waals surface area contributed by atoms with Crippen LogP contribution in [0.1, 0.15) is 43.4 Å². The van der Waals surface area contributed by atoms with Crippen molar-refractivity contribution in [2.75, 3.05) is 6.54 Å². The standard InChI is InChI=1S/C15H17BrF3N/c1-2-20-14(10-5-3-4-6-10)12-8-7-11(16)9-13(12)15(17,18)19/h5,7-9,14,20H,2-4,6H2,1H3. The van der Waals surface area contributed by atoms with Crippen LogP contribution in [0.5, 0.6) is 0 Å². The van der Waals surface area contributed by atoms with Gasteiger partial charge >= 0.3 is 6.18 Å². The summed E-state index contributed by atoms with van der Waals surface area (Å²) in [6, 6.07) is 4.06. The van der Waals surface area contributed by atoms with E-state index in [0.29, 0.717) is 16.6 Å². The van der Waals surface area contributed by atoms with E-state index in [-0.39, 0.29) is 6.04 Å². The number of rotatable bonds is 4. The molecule has 0 fully saturated rings. The van der Waals surface area contributed by atoms with E-state index in [1.165, 1.54) is 0 Å². The molecular weight excluding hydrogens is 331 g/mol. The van der Waals surface area contributed by atoms with Crippen LogP contribution in [0, 0.1) is 0 Å². The molecule has 20 heavy (non-hydrogen) atoms. The first-order chi connectivity index (χ1) is 9.43. The molecule has 1 aromatic rings. The summed E-state index contributed by atoms with van der Waals surface area (Å²) < 4.78 is 40.2. The molecule has 1 aliphatic rings. The predicted molar refractivity (Wildman–Crippen MR) is 77.5 cm³/mol. The van der Waals surface area contributed by atoms with Crippen LogP contribution >= 0.6 is 15.9 Å². The van der Waals surface area contributed by atoms with E-state index in [1.807, 2.05) is 6.92 Å². The quantitative estimate of drug-likeness (QED) is 0.735. The van der Waals surface area contributed by atoms with Gasteiger partial charge in [-0.25, -0.2) is 0 Å². The molecule has 0 bridgehead atoms. The number of benzene rings is 1. The summed E-state index contributed by atoms with van der Waals surface area (Å²) in [4.78, 5) is 0. The summed E-state index contributed by atoms with van der Waals surface area (Å²) in [7, 11) is 0. The highest BCUT2D eigenvalue weighted by Crippen LogP contribution is 2.40. The molecule has 0 heterocycles. The molecule has 2 rings (SSSR count). The molecule has 5 heteroatoms. The van der Waals surface area contributed by atoms with Crippen LogP contribution in [0.15, 0.2) is 34.3 Å². The fourth-order valence-electron chi connectivity index (χ4n) is 2.63. The lowest BCUT2D eigenvalue weighted by atomic mass is 9.93. The molecule has 1 N–H and O–H groups in total. The van der Waals surface area contributed by atoms with Gasteiger partial charge in [0, 0.05) is 4.47 Å². The summed E-state index contributed by atoms with van der Waals surface area (Å²) in [5.74, 6) is 0. The van der Waals surface area contributed by atoms with Gasteiger partial charge in [0.15, 0.2) is 0 Å². The second-order valence-corrected chi connectivity index (χ2v) is 5.81. The average Bonchev–Trinajstić information content (AvgIpc) is 2.89. The Labute approximate surface area is 125 Å². The van der Waals surface area contributed by atoms with Crippen molar-refractivity contribution >= 4 is 15.9 Å². The minimum atomic E-state index is -4.34. The molecule has 1 aliphatic carbocycles. The SMILES string of the molecule is CCNC(C1=CCCC1)c1ccc(Br)cc1C(F)(F)F. The Bertz CT molecular complexity index is 508. The van der Waals surface area contributed by atoms with Crippen molar-refractivity contribution in [3.8, 4) is 0 Å². The third-order valence-corrected chi connectivity index (χ3v) is 3.98. The zero-order valence-corrected chi connectivity index (χ0v) is 12.8. The van der Waals surface area contributed by atoms with Crippen molar-refractivity contribution in [3.63, 3.8) is 0 Å². The minimum Gasteiger partial charge on any atom is -0.307 e. The molecule has 0 amide bonds. The molecule has 1 atom stereocenters. The number of alkyl halides is 3. The Balaban J connectivity index is 2.47. The highest BCUT2D eigenvalue weighted by molar-refractivity contribution is 9.10. The van der Waals surface area contributed by atoms with E-state index >= 15 is 0 Å². The van der Waals surface area contributed by atoms with Crippen molar-refractivity contribution in [1.29, 1.82) is 0 Å². The molecule has 1 unspecified atom stereocenters. The lowest BCUT2D eigenvalue weighted by Crippen LogP contribution is -2.25. The highest BCUT2D eigenvalue weighted by atomic mass is 79.9. The monoisotopic (exact) mass is 347 g/mol. The molecule has 1 nitrogen and oxygen atoms in total. The number of hydrogen-bond acceptors (Lipinski definition) is 1. The smallest absolute Gasteiger partial charge is 0.307 e. The van der Waals surface area contributed by atoms with Crippen molar-refractivity contribution in [2.24, 2.45) is 0 Å². The van der Waals surface area contributed by atoms with Gasteiger partial charge < -0.3 is 5.32 Å². The first kappa shape index (κ1) is 15.6. The maximum atomic E-state index is 13.2. The molecule has 110 valence electrons. The summed E-state index contributed by atoms with van der Waals surface area (Å²) in [6.07, 6.45) is 0.566. The van der Waals surface area contributed by atoms with E-state index < -0.39 is 11.7 Å². The minimum absolute atomic E-state index is 0.315. The van der Waals surface area contributed by atoms with Gasteiger partial charge in [0.1, 0.15) is 0 Å². The van der Waals surface area contributed by atoms with Crippen LogP contribution in [0.2, 0.25) is 0 Å². The largest absolute Gasteiger partial charge is 0.416 e. The summed E-state index contributed by atoms with van der Waals surface area (Å²) in [6.45, 7) is 2.55. The lowest BCUT2D eigenvalue weighted by molar-refractivity contribution is -0.138. The van der Waals surface area contributed by atoms with Crippen LogP contribution in [-0.4, -0.2) is 6.54 Å². The Morgan fingerprint density at radius 2 is 2.10 bits per heavy atom. The van der Waals surface area contributed by atoms with Crippen LogP contribution in [0.25, 0.3) is 0 Å². The van der Waals surface area contributed by atoms with Gasteiger partial charge in [-0.15, -0.1) is 0 Å². The molecule has 0 spiro atoms. The number of hydrogen-bond donors (Lipinski definition) is 1. The van der Waals surface area contributed by atoms with Gasteiger partial charge in [-0.1, -0.05) is 40.6 Å². The van der Waals surface area contributed by atoms with E-state index in [1.54, 1.807) is 12.1 Å². The van der Waals surface area contributed by atoms with Gasteiger partial charge in [-0.2, -0.15) is 13.2 Å². The van der Waals surface area contributed by atoms with E-state index in [2.05, 4.69) is 27.3 Å². The van der Waals surface area contributed by atoms with Crippen molar-refractivity contribution in [2.45, 2.75) is 38.4 Å². The second-order valence-electron chi connectivity index (χ2n) is 4.89. The maximum absolute atomic E-state index is 13.2. The molecule has 0 saturated heterocycles. The maximum Gasteiger partial charge on any atom is 0.416 e. The Morgan fingerprint density at radius 1 is 1.35 bits per heavy atom. The summed E-state index contributed by atoms with van der Waals surface area (Å²) in [5, 5.41) is 3.19. The van der Waals surface area contributed by atoms with Crippen molar-refractivity contribution in [1.82, 2.24) is 5.32 Å². The van der Waals surface area contributed by atoms with Gasteiger partial charge in [0.05, 0.1) is 11.6 Å². The van der Waals surface area contributed by atoms with Crippen LogP contribution in [0.3, 0.4) is 0 Å². The molecule has 0 radical (unpaired) electrons. The van der Waals surface area contributed by atoms with Crippen LogP contribution in [-0.2, 0) is 6.18 Å². The Hall–Kier alpha value is -0.810. The topological polar surface area (TPSA) is 12.0 Å². The van der Waals surface area contributed by atoms with Gasteiger partial charge in [-0.3, -0.25) is 0 Å². The van der Waals surface area contributed by atoms with E-state index in [9.17, 15) is 13.2 Å². The molecule has 0 saturated carbocycles. The normalized spacial score (nSPS) is 17.1. The number of likely N-dealkylation sites (N-methyl/N-ethyl adjacent to an activating group) is 1. The Morgan fingerprint density at radius 3 is 2.65 bits per heavy atom. The first-order valence-electron chi connectivity index (χ1n) is 6.72. The second kappa shape index (κ2) is 6.31. The summed E-state index contributed by atoms with van der Waals surface area (Å²) >= 11 is 3.13.